The first-order chi connectivity index (χ1) is 11.9. The number of rotatable bonds is 9. The van der Waals surface area contributed by atoms with E-state index in [4.69, 9.17) is 9.47 Å². The quantitative estimate of drug-likeness (QED) is 0.585. The summed E-state index contributed by atoms with van der Waals surface area (Å²) in [6.45, 7) is 3.09. The first kappa shape index (κ1) is 19.0. The van der Waals surface area contributed by atoms with Crippen LogP contribution in [-0.2, 0) is 0 Å². The van der Waals surface area contributed by atoms with Gasteiger partial charge in [-0.25, -0.2) is 0 Å². The minimum Gasteiger partial charge on any atom is -0.494 e. The largest absolute Gasteiger partial charge is 0.494 e. The van der Waals surface area contributed by atoms with Gasteiger partial charge in [0.1, 0.15) is 18.1 Å². The van der Waals surface area contributed by atoms with Crippen LogP contribution < -0.4 is 14.8 Å². The van der Waals surface area contributed by atoms with Gasteiger partial charge in [-0.1, -0.05) is 24.3 Å². The van der Waals surface area contributed by atoms with Crippen molar-refractivity contribution in [1.82, 2.24) is 10.3 Å². The highest BCUT2D eigenvalue weighted by atomic mass is 35.5. The third-order valence-corrected chi connectivity index (χ3v) is 3.63. The van der Waals surface area contributed by atoms with Crippen LogP contribution in [0.3, 0.4) is 0 Å². The number of pyridine rings is 1. The number of fused-ring (bicyclic) bond motifs is 1. The maximum absolute atomic E-state index is 5.77. The van der Waals surface area contributed by atoms with Gasteiger partial charge in [0.2, 0.25) is 0 Å². The van der Waals surface area contributed by atoms with Gasteiger partial charge in [-0.05, 0) is 49.4 Å². The average Bonchev–Trinajstić information content (AvgIpc) is 2.64. The molecule has 0 saturated heterocycles. The number of hydrogen-bond donors (Lipinski definition) is 1. The second kappa shape index (κ2) is 10.5. The van der Waals surface area contributed by atoms with Crippen LogP contribution in [0.4, 0.5) is 0 Å². The standard InChI is InChI=1S/C20H22N2O2.ClH/c1-2-7-18(8-3-1)23-14-5-11-21-13-15-24-19-9-10-20-17(16-19)6-4-12-22-20;/h1-4,6-10,12,16,21H,5,11,13-15H2;1H. The Labute approximate surface area is 154 Å². The Bertz CT molecular complexity index is 753. The summed E-state index contributed by atoms with van der Waals surface area (Å²) in [6, 6.07) is 19.8. The van der Waals surface area contributed by atoms with Crippen molar-refractivity contribution in [2.75, 3.05) is 26.3 Å². The van der Waals surface area contributed by atoms with E-state index in [0.29, 0.717) is 6.61 Å². The van der Waals surface area contributed by atoms with Crippen molar-refractivity contribution in [3.63, 3.8) is 0 Å². The summed E-state index contributed by atoms with van der Waals surface area (Å²) in [5.41, 5.74) is 0.987. The summed E-state index contributed by atoms with van der Waals surface area (Å²) in [6.07, 6.45) is 2.77. The third-order valence-electron chi connectivity index (χ3n) is 3.63. The van der Waals surface area contributed by atoms with Gasteiger partial charge < -0.3 is 14.8 Å². The lowest BCUT2D eigenvalue weighted by molar-refractivity contribution is 0.294. The molecule has 0 saturated carbocycles. The molecule has 0 radical (unpaired) electrons. The van der Waals surface area contributed by atoms with Crippen LogP contribution in [0, 0.1) is 0 Å². The third kappa shape index (κ3) is 6.25. The Morgan fingerprint density at radius 3 is 2.52 bits per heavy atom. The summed E-state index contributed by atoms with van der Waals surface area (Å²) >= 11 is 0. The lowest BCUT2D eigenvalue weighted by Gasteiger charge is -2.09. The Morgan fingerprint density at radius 1 is 0.800 bits per heavy atom. The summed E-state index contributed by atoms with van der Waals surface area (Å²) in [5.74, 6) is 1.80. The fourth-order valence-electron chi connectivity index (χ4n) is 2.41. The van der Waals surface area contributed by atoms with Crippen molar-refractivity contribution in [3.8, 4) is 11.5 Å². The zero-order chi connectivity index (χ0) is 16.5. The van der Waals surface area contributed by atoms with E-state index in [1.165, 1.54) is 0 Å². The summed E-state index contributed by atoms with van der Waals surface area (Å²) < 4.78 is 11.4. The number of hydrogen-bond acceptors (Lipinski definition) is 4. The Hall–Kier alpha value is -2.30. The fourth-order valence-corrected chi connectivity index (χ4v) is 2.41. The first-order valence-electron chi connectivity index (χ1n) is 8.28. The van der Waals surface area contributed by atoms with Crippen molar-refractivity contribution < 1.29 is 9.47 Å². The minimum atomic E-state index is 0. The molecule has 25 heavy (non-hydrogen) atoms. The average molecular weight is 359 g/mol. The smallest absolute Gasteiger partial charge is 0.120 e. The molecule has 0 fully saturated rings. The second-order valence-corrected chi connectivity index (χ2v) is 5.47. The number of halogens is 1. The Balaban J connectivity index is 0.00000225. The Kier molecular flexibility index (Phi) is 8.02. The van der Waals surface area contributed by atoms with Gasteiger partial charge in [0.05, 0.1) is 12.1 Å². The van der Waals surface area contributed by atoms with E-state index in [-0.39, 0.29) is 12.4 Å². The van der Waals surface area contributed by atoms with E-state index >= 15 is 0 Å². The van der Waals surface area contributed by atoms with Crippen molar-refractivity contribution in [1.29, 1.82) is 0 Å². The van der Waals surface area contributed by atoms with Gasteiger partial charge >= 0.3 is 0 Å². The van der Waals surface area contributed by atoms with E-state index in [1.54, 1.807) is 6.20 Å². The van der Waals surface area contributed by atoms with Crippen molar-refractivity contribution in [2.45, 2.75) is 6.42 Å². The lowest BCUT2D eigenvalue weighted by atomic mass is 10.2. The molecule has 3 aromatic rings. The molecule has 0 amide bonds. The molecule has 132 valence electrons. The molecule has 0 aliphatic rings. The van der Waals surface area contributed by atoms with Gasteiger partial charge in [-0.15, -0.1) is 12.4 Å². The molecule has 0 unspecified atom stereocenters. The zero-order valence-corrected chi connectivity index (χ0v) is 14.9. The number of nitrogens with zero attached hydrogens (tertiary/aromatic N) is 1. The SMILES string of the molecule is Cl.c1ccc(OCCCNCCOc2ccc3ncccc3c2)cc1. The zero-order valence-electron chi connectivity index (χ0n) is 14.1. The molecule has 0 aliphatic carbocycles. The van der Waals surface area contributed by atoms with Crippen LogP contribution >= 0.6 is 12.4 Å². The van der Waals surface area contributed by atoms with E-state index in [2.05, 4.69) is 10.3 Å². The van der Waals surface area contributed by atoms with Crippen LogP contribution in [0.15, 0.2) is 66.9 Å². The van der Waals surface area contributed by atoms with Gasteiger partial charge in [-0.3, -0.25) is 4.98 Å². The second-order valence-electron chi connectivity index (χ2n) is 5.47. The highest BCUT2D eigenvalue weighted by molar-refractivity contribution is 5.85. The highest BCUT2D eigenvalue weighted by Gasteiger charge is 1.98. The van der Waals surface area contributed by atoms with Gasteiger partial charge in [0.25, 0.3) is 0 Å². The topological polar surface area (TPSA) is 43.4 Å². The number of aromatic nitrogens is 1. The molecule has 4 nitrogen and oxygen atoms in total. The molecule has 0 aliphatic heterocycles. The fraction of sp³-hybridized carbons (Fsp3) is 0.250. The summed E-state index contributed by atoms with van der Waals surface area (Å²) in [5, 5.41) is 4.46. The lowest BCUT2D eigenvalue weighted by Crippen LogP contribution is -2.23. The number of benzene rings is 2. The van der Waals surface area contributed by atoms with Crippen LogP contribution in [0.1, 0.15) is 6.42 Å². The van der Waals surface area contributed by atoms with Crippen molar-refractivity contribution in [3.05, 3.63) is 66.9 Å². The normalized spacial score (nSPS) is 10.2. The van der Waals surface area contributed by atoms with Crippen molar-refractivity contribution in [2.24, 2.45) is 0 Å². The van der Waals surface area contributed by atoms with E-state index in [9.17, 15) is 0 Å². The van der Waals surface area contributed by atoms with Crippen molar-refractivity contribution >= 4 is 23.3 Å². The molecule has 1 N–H and O–H groups in total. The highest BCUT2D eigenvalue weighted by Crippen LogP contribution is 2.18. The van der Waals surface area contributed by atoms with Gasteiger partial charge in [0, 0.05) is 18.1 Å². The molecular weight excluding hydrogens is 336 g/mol. The maximum Gasteiger partial charge on any atom is 0.120 e. The predicted molar refractivity (Wildman–Crippen MR) is 104 cm³/mol. The van der Waals surface area contributed by atoms with Crippen LogP contribution in [0.5, 0.6) is 11.5 Å². The molecule has 0 atom stereocenters. The molecule has 1 aromatic heterocycles. The molecule has 0 spiro atoms. The van der Waals surface area contributed by atoms with Crippen LogP contribution in [-0.4, -0.2) is 31.3 Å². The summed E-state index contributed by atoms with van der Waals surface area (Å²) in [4.78, 5) is 4.30. The van der Waals surface area contributed by atoms with Crippen LogP contribution in [0.25, 0.3) is 10.9 Å². The molecule has 3 rings (SSSR count). The Morgan fingerprint density at radius 2 is 1.64 bits per heavy atom. The molecular formula is C20H23ClN2O2. The predicted octanol–water partition coefficient (Wildman–Crippen LogP) is 4.09. The number of nitrogens with one attached hydrogen (secondary N) is 1. The summed E-state index contributed by atoms with van der Waals surface area (Å²) in [7, 11) is 0. The van der Waals surface area contributed by atoms with E-state index in [0.717, 1.165) is 48.5 Å². The maximum atomic E-state index is 5.77. The molecule has 1 heterocycles. The van der Waals surface area contributed by atoms with Gasteiger partial charge in [0.15, 0.2) is 0 Å². The minimum absolute atomic E-state index is 0. The monoisotopic (exact) mass is 358 g/mol. The van der Waals surface area contributed by atoms with E-state index in [1.807, 2.05) is 60.7 Å². The number of para-hydroxylation sites is 1. The van der Waals surface area contributed by atoms with Crippen LogP contribution in [0.2, 0.25) is 0 Å². The molecule has 0 bridgehead atoms. The van der Waals surface area contributed by atoms with Gasteiger partial charge in [-0.2, -0.15) is 0 Å². The number of ether oxygens (including phenoxy) is 2. The molecule has 2 aromatic carbocycles. The first-order valence-corrected chi connectivity index (χ1v) is 8.28. The molecule has 5 heteroatoms. The van der Waals surface area contributed by atoms with E-state index < -0.39 is 0 Å².